The van der Waals surface area contributed by atoms with Gasteiger partial charge in [0.2, 0.25) is 0 Å². The third-order valence-corrected chi connectivity index (χ3v) is 6.05. The quantitative estimate of drug-likeness (QED) is 0.653. The summed E-state index contributed by atoms with van der Waals surface area (Å²) in [6.07, 6.45) is 4.38. The number of methoxy groups -OCH3 is 1. The van der Waals surface area contributed by atoms with E-state index in [4.69, 9.17) is 9.47 Å². The lowest BCUT2D eigenvalue weighted by Gasteiger charge is -2.38. The molecule has 0 unspecified atom stereocenters. The lowest BCUT2D eigenvalue weighted by molar-refractivity contribution is 0.0701. The Bertz CT molecular complexity index is 299. The second kappa shape index (κ2) is 2.60. The second-order valence-corrected chi connectivity index (χ2v) is 6.44. The first-order valence-corrected chi connectivity index (χ1v) is 6.15. The van der Waals surface area contributed by atoms with Gasteiger partial charge in [0.15, 0.2) is 0 Å². The van der Waals surface area contributed by atoms with Crippen molar-refractivity contribution in [2.45, 2.75) is 51.7 Å². The van der Waals surface area contributed by atoms with E-state index in [0.717, 1.165) is 12.5 Å². The summed E-state index contributed by atoms with van der Waals surface area (Å²) in [6.45, 7) is 8.09. The Morgan fingerprint density at radius 1 is 1.33 bits per heavy atom. The summed E-state index contributed by atoms with van der Waals surface area (Å²) in [6, 6.07) is 0. The monoisotopic (exact) mass is 210 g/mol. The molecule has 0 aromatic heterocycles. The lowest BCUT2D eigenvalue weighted by atomic mass is 9.65. The normalized spacial score (nSPS) is 55.2. The molecular weight excluding hydrogens is 188 g/mol. The van der Waals surface area contributed by atoms with Crippen molar-refractivity contribution in [2.75, 3.05) is 13.7 Å². The van der Waals surface area contributed by atoms with Gasteiger partial charge >= 0.3 is 0 Å². The number of epoxide rings is 1. The molecule has 0 N–H and O–H groups in total. The minimum absolute atomic E-state index is 0.176. The Balaban J connectivity index is 1.91. The molecule has 86 valence electrons. The molecule has 3 fully saturated rings. The fourth-order valence-electron chi connectivity index (χ4n) is 4.51. The van der Waals surface area contributed by atoms with Crippen LogP contribution in [0.4, 0.5) is 0 Å². The predicted octanol–water partition coefficient (Wildman–Crippen LogP) is 2.62. The molecule has 0 radical (unpaired) electrons. The van der Waals surface area contributed by atoms with Gasteiger partial charge in [-0.2, -0.15) is 0 Å². The third-order valence-electron chi connectivity index (χ3n) is 6.05. The fourth-order valence-corrected chi connectivity index (χ4v) is 4.51. The van der Waals surface area contributed by atoms with Gasteiger partial charge in [-0.15, -0.1) is 0 Å². The molecule has 2 nitrogen and oxygen atoms in total. The van der Waals surface area contributed by atoms with Gasteiger partial charge in [-0.1, -0.05) is 20.8 Å². The van der Waals surface area contributed by atoms with E-state index in [0.29, 0.717) is 16.9 Å². The first kappa shape index (κ1) is 10.1. The molecule has 0 aromatic rings. The van der Waals surface area contributed by atoms with Crippen molar-refractivity contribution in [1.82, 2.24) is 0 Å². The van der Waals surface area contributed by atoms with Gasteiger partial charge in [-0.05, 0) is 30.6 Å². The molecule has 2 aliphatic carbocycles. The Hall–Kier alpha value is -0.0800. The van der Waals surface area contributed by atoms with Gasteiger partial charge in [-0.25, -0.2) is 0 Å². The average molecular weight is 210 g/mol. The molecule has 2 bridgehead atoms. The van der Waals surface area contributed by atoms with Crippen LogP contribution in [0, 0.1) is 16.7 Å². The van der Waals surface area contributed by atoms with Crippen LogP contribution >= 0.6 is 0 Å². The molecule has 3 rings (SSSR count). The zero-order valence-electron chi connectivity index (χ0n) is 10.3. The highest BCUT2D eigenvalue weighted by Gasteiger charge is 2.78. The number of hydrogen-bond donors (Lipinski definition) is 0. The molecular formula is C13H22O2. The average Bonchev–Trinajstić information content (AvgIpc) is 2.76. The molecule has 0 aromatic carbocycles. The van der Waals surface area contributed by atoms with Crippen molar-refractivity contribution in [3.63, 3.8) is 0 Å². The summed E-state index contributed by atoms with van der Waals surface area (Å²) >= 11 is 0. The fraction of sp³-hybridized carbons (Fsp3) is 1.00. The van der Waals surface area contributed by atoms with Gasteiger partial charge < -0.3 is 9.47 Å². The number of rotatable bonds is 2. The number of hydrogen-bond acceptors (Lipinski definition) is 2. The standard InChI is InChI=1S/C13H22O2/c1-11(2)9-5-6-12(11,3)13(7-9)10(15-13)8-14-4/h9-10H,5-8H2,1-4H3/t9-,10-,12-,13+/m1/s1. The van der Waals surface area contributed by atoms with Crippen LogP contribution < -0.4 is 0 Å². The van der Waals surface area contributed by atoms with Gasteiger partial charge in [0.1, 0.15) is 11.7 Å². The van der Waals surface area contributed by atoms with Crippen LogP contribution in [0.25, 0.3) is 0 Å². The molecule has 1 saturated heterocycles. The van der Waals surface area contributed by atoms with E-state index in [1.807, 2.05) is 0 Å². The van der Waals surface area contributed by atoms with E-state index >= 15 is 0 Å². The van der Waals surface area contributed by atoms with Crippen LogP contribution in [0.2, 0.25) is 0 Å². The third kappa shape index (κ3) is 0.898. The molecule has 0 amide bonds. The highest BCUT2D eigenvalue weighted by atomic mass is 16.6. The lowest BCUT2D eigenvalue weighted by Crippen LogP contribution is -2.40. The van der Waals surface area contributed by atoms with E-state index in [-0.39, 0.29) is 5.60 Å². The SMILES string of the molecule is COC[C@H]1O[C@@]12C[C@H]1CC[C@]2(C)C1(C)C. The summed E-state index contributed by atoms with van der Waals surface area (Å²) in [4.78, 5) is 0. The van der Waals surface area contributed by atoms with E-state index < -0.39 is 0 Å². The summed E-state index contributed by atoms with van der Waals surface area (Å²) < 4.78 is 11.3. The number of fused-ring (bicyclic) bond motifs is 3. The maximum atomic E-state index is 6.05. The summed E-state index contributed by atoms with van der Waals surface area (Å²) in [5, 5.41) is 0. The first-order valence-electron chi connectivity index (χ1n) is 6.15. The van der Waals surface area contributed by atoms with Crippen molar-refractivity contribution in [2.24, 2.45) is 16.7 Å². The Labute approximate surface area is 92.3 Å². The first-order chi connectivity index (χ1) is 6.98. The molecule has 1 spiro atoms. The molecule has 15 heavy (non-hydrogen) atoms. The van der Waals surface area contributed by atoms with Crippen molar-refractivity contribution in [1.29, 1.82) is 0 Å². The van der Waals surface area contributed by atoms with Crippen molar-refractivity contribution >= 4 is 0 Å². The maximum Gasteiger partial charge on any atom is 0.111 e. The van der Waals surface area contributed by atoms with Gasteiger partial charge in [0.25, 0.3) is 0 Å². The Kier molecular flexibility index (Phi) is 1.75. The molecule has 2 saturated carbocycles. The molecule has 1 heterocycles. The highest BCUT2D eigenvalue weighted by Crippen LogP contribution is 2.76. The minimum Gasteiger partial charge on any atom is -0.382 e. The van der Waals surface area contributed by atoms with Crippen molar-refractivity contribution < 1.29 is 9.47 Å². The minimum atomic E-state index is 0.176. The number of ether oxygens (including phenoxy) is 2. The Morgan fingerprint density at radius 3 is 2.53 bits per heavy atom. The highest BCUT2D eigenvalue weighted by molar-refractivity contribution is 5.26. The van der Waals surface area contributed by atoms with Crippen molar-refractivity contribution in [3.05, 3.63) is 0 Å². The smallest absolute Gasteiger partial charge is 0.111 e. The van der Waals surface area contributed by atoms with E-state index in [9.17, 15) is 0 Å². The van der Waals surface area contributed by atoms with Gasteiger partial charge in [0.05, 0.1) is 6.61 Å². The molecule has 4 atom stereocenters. The van der Waals surface area contributed by atoms with Crippen molar-refractivity contribution in [3.8, 4) is 0 Å². The van der Waals surface area contributed by atoms with Crippen LogP contribution in [-0.4, -0.2) is 25.4 Å². The van der Waals surface area contributed by atoms with E-state index in [2.05, 4.69) is 20.8 Å². The van der Waals surface area contributed by atoms with Gasteiger partial charge in [0, 0.05) is 12.5 Å². The summed E-state index contributed by atoms with van der Waals surface area (Å²) in [7, 11) is 1.77. The van der Waals surface area contributed by atoms with Crippen LogP contribution in [0.3, 0.4) is 0 Å². The molecule has 2 heteroatoms. The van der Waals surface area contributed by atoms with E-state index in [1.54, 1.807) is 7.11 Å². The molecule has 1 aliphatic heterocycles. The van der Waals surface area contributed by atoms with Crippen LogP contribution in [0.5, 0.6) is 0 Å². The van der Waals surface area contributed by atoms with Crippen LogP contribution in [0.15, 0.2) is 0 Å². The van der Waals surface area contributed by atoms with E-state index in [1.165, 1.54) is 19.3 Å². The molecule has 3 aliphatic rings. The van der Waals surface area contributed by atoms with Crippen LogP contribution in [0.1, 0.15) is 40.0 Å². The zero-order valence-corrected chi connectivity index (χ0v) is 10.3. The van der Waals surface area contributed by atoms with Gasteiger partial charge in [-0.3, -0.25) is 0 Å². The summed E-state index contributed by atoms with van der Waals surface area (Å²) in [5.74, 6) is 0.865. The predicted molar refractivity (Wildman–Crippen MR) is 58.7 cm³/mol. The summed E-state index contributed by atoms with van der Waals surface area (Å²) in [5.41, 5.74) is 1.01. The Morgan fingerprint density at radius 2 is 2.07 bits per heavy atom. The largest absolute Gasteiger partial charge is 0.382 e. The second-order valence-electron chi connectivity index (χ2n) is 6.44. The zero-order chi connectivity index (χ0) is 10.9. The topological polar surface area (TPSA) is 21.8 Å². The van der Waals surface area contributed by atoms with Crippen LogP contribution in [-0.2, 0) is 9.47 Å². The maximum absolute atomic E-state index is 6.05.